The number of aliphatic carboxylic acids is 1. The summed E-state index contributed by atoms with van der Waals surface area (Å²) in [5.74, 6) is 2.94. The Labute approximate surface area is 495 Å². The molecule has 0 saturated carbocycles. The third kappa shape index (κ3) is 25.7. The van der Waals surface area contributed by atoms with Crippen molar-refractivity contribution < 1.29 is 88.8 Å². The zero-order valence-electron chi connectivity index (χ0n) is 50.3. The van der Waals surface area contributed by atoms with Crippen LogP contribution < -0.4 is 16.5 Å². The second kappa shape index (κ2) is 35.2. The van der Waals surface area contributed by atoms with E-state index in [-0.39, 0.29) is 76.0 Å². The van der Waals surface area contributed by atoms with Crippen molar-refractivity contribution in [3.63, 3.8) is 0 Å². The lowest BCUT2D eigenvalue weighted by Gasteiger charge is -2.40. The zero-order valence-corrected chi connectivity index (χ0v) is 54.2. The number of aromatic nitrogens is 2. The van der Waals surface area contributed by atoms with Crippen LogP contribution in [0.15, 0.2) is 76.4 Å². The van der Waals surface area contributed by atoms with Gasteiger partial charge in [0.05, 0.1) is 19.8 Å². The number of carbonyl (C=O) groups is 4. The number of carbonyl (C=O) groups excluding carboxylic acids is 3. The van der Waals surface area contributed by atoms with Gasteiger partial charge in [0, 0.05) is 51.6 Å². The molecule has 0 radical (unpaired) electrons. The molecule has 0 spiro atoms. The highest BCUT2D eigenvalue weighted by atomic mass is 31.2. The molecule has 468 valence electrons. The van der Waals surface area contributed by atoms with Crippen LogP contribution in [0.5, 0.6) is 0 Å². The second-order valence-electron chi connectivity index (χ2n) is 21.9. The van der Waals surface area contributed by atoms with Crippen LogP contribution in [0.2, 0.25) is 39.3 Å². The highest BCUT2D eigenvalue weighted by Gasteiger charge is 2.57. The minimum absolute atomic E-state index is 0.0248. The molecule has 1 aliphatic rings. The Hall–Kier alpha value is -4.72. The summed E-state index contributed by atoms with van der Waals surface area (Å²) in [7, 11) is -12.6. The number of nitrogens with one attached hydrogen (secondary N) is 2. The minimum Gasteiger partial charge on any atom is -0.479 e. The van der Waals surface area contributed by atoms with Crippen LogP contribution in [-0.2, 0) is 78.8 Å². The average molecular weight is 1250 g/mol. The van der Waals surface area contributed by atoms with E-state index in [0.29, 0.717) is 12.8 Å². The predicted molar refractivity (Wildman–Crippen MR) is 314 cm³/mol. The van der Waals surface area contributed by atoms with Crippen molar-refractivity contribution in [1.82, 2.24) is 19.7 Å². The molecule has 84 heavy (non-hydrogen) atoms. The minimum atomic E-state index is -4.45. The highest BCUT2D eigenvalue weighted by molar-refractivity contribution is 7.43. The number of unbranched alkanes of at least 4 members (excludes halogenated alkanes) is 2. The Morgan fingerprint density at radius 3 is 1.85 bits per heavy atom. The van der Waals surface area contributed by atoms with Crippen molar-refractivity contribution >= 4 is 57.9 Å². The number of nitrogens with zero attached hydrogens (tertiary/aromatic N) is 2. The molecule has 0 amide bonds. The lowest BCUT2D eigenvalue weighted by molar-refractivity contribution is -0.320. The molecule has 25 nitrogen and oxygen atoms in total. The summed E-state index contributed by atoms with van der Waals surface area (Å²) >= 11 is 0. The van der Waals surface area contributed by atoms with Crippen molar-refractivity contribution in [3.05, 3.63) is 104 Å². The zero-order chi connectivity index (χ0) is 62.2. The average Bonchev–Trinajstić information content (AvgIpc) is 3.39. The molecule has 2 aromatic carbocycles. The summed E-state index contributed by atoms with van der Waals surface area (Å²) in [4.78, 5) is 96.3. The molecule has 2 unspecified atom stereocenters. The lowest BCUT2D eigenvalue weighted by atomic mass is 10.0. The van der Waals surface area contributed by atoms with Crippen molar-refractivity contribution in [2.45, 2.75) is 169 Å². The van der Waals surface area contributed by atoms with E-state index < -0.39 is 113 Å². The van der Waals surface area contributed by atoms with E-state index in [4.69, 9.17) is 59.6 Å². The molecule has 1 aromatic heterocycles. The van der Waals surface area contributed by atoms with Crippen molar-refractivity contribution in [2.75, 3.05) is 46.4 Å². The Morgan fingerprint density at radius 1 is 0.786 bits per heavy atom. The van der Waals surface area contributed by atoms with Crippen LogP contribution in [0, 0.1) is 11.8 Å². The third-order valence-corrected chi connectivity index (χ3v) is 20.4. The van der Waals surface area contributed by atoms with Gasteiger partial charge in [-0.2, -0.15) is 0 Å². The fourth-order valence-corrected chi connectivity index (χ4v) is 17.3. The molecule has 1 aliphatic heterocycles. The van der Waals surface area contributed by atoms with Gasteiger partial charge in [-0.05, 0) is 97.9 Å². The molecule has 1 fully saturated rings. The summed E-state index contributed by atoms with van der Waals surface area (Å²) in [6, 6.07) is 19.1. The van der Waals surface area contributed by atoms with Crippen LogP contribution in [-0.4, -0.2) is 163 Å². The number of benzene rings is 2. The number of H-pyrrole nitrogens is 1. The van der Waals surface area contributed by atoms with Gasteiger partial charge in [-0.1, -0.05) is 72.5 Å². The van der Waals surface area contributed by atoms with Crippen LogP contribution in [0.25, 0.3) is 0 Å². The number of esters is 2. The Bertz CT molecular complexity index is 2620. The van der Waals surface area contributed by atoms with Gasteiger partial charge in [-0.25, -0.2) is 9.59 Å². The molecule has 1 saturated heterocycles. The van der Waals surface area contributed by atoms with E-state index in [1.165, 1.54) is 27.0 Å². The first-order valence-corrected chi connectivity index (χ1v) is 37.3. The number of ether oxygens (including phenoxy) is 7. The number of aromatic amines is 1. The fourth-order valence-electron chi connectivity index (χ4n) is 8.21. The Morgan fingerprint density at radius 2 is 1.35 bits per heavy atom. The maximum absolute atomic E-state index is 14.2. The molecular formula is C55H85N4O21PSi3. The SMILES string of the molecule is CC(=O)CC(OCCCCC#Cc1cn([C@@H]2O[C@H](CO[Si](OC(c3ccccc3)c3ccccc3)(O[Si](C)(C)C)O[Si](C)(C)C)[C@@H](OP(O)NOCN(C(C)C)C(C)C)[C@H]2OC(OCCOC(C)=O)OCCOC(C)=O)c(=O)[nH]c1=O)C(=O)O. The third-order valence-electron chi connectivity index (χ3n) is 11.7. The van der Waals surface area contributed by atoms with Gasteiger partial charge in [-0.15, -0.1) is 5.25 Å². The van der Waals surface area contributed by atoms with E-state index in [0.717, 1.165) is 15.7 Å². The number of hydrogen-bond acceptors (Lipinski definition) is 22. The van der Waals surface area contributed by atoms with Gasteiger partial charge in [0.25, 0.3) is 20.6 Å². The standard InChI is InChI=1S/C55H85N4O21PSi3/c1-38(2)59(39(3)4)37-73-57-81(67)77-49-47(36-74-84(79-82(8,9)10,80-83(11,12)13)78-48(43-24-19-16-20-25-43)44-26-21-17-22-27-44)75-52(50(49)76-55(71-32-30-68-41(6)61)72-33-31-69-42(7)62)58-35-45(51(63)56-54(58)66)28-18-14-15-23-29-70-46(53(64)65)34-40(5)60/h16-17,19-22,24-27,35,38-39,46-50,52,55,57,67H,14-15,23,29-34,36-37H2,1-13H3,(H,64,65)(H,56,63,66)/t46?,47-,49-,50-,52-,81?/m1/s1. The Balaban J connectivity index is 1.90. The molecule has 4 rings (SSSR count). The fraction of sp³-hybridized carbons (Fsp3) is 0.600. The van der Waals surface area contributed by atoms with Gasteiger partial charge in [0.1, 0.15) is 55.7 Å². The van der Waals surface area contributed by atoms with E-state index in [9.17, 15) is 38.8 Å². The molecule has 0 aliphatic carbocycles. The summed E-state index contributed by atoms with van der Waals surface area (Å²) in [6.07, 6.45) is -6.17. The number of hydrogen-bond donors (Lipinski definition) is 4. The van der Waals surface area contributed by atoms with E-state index >= 15 is 0 Å². The Kier molecular flexibility index (Phi) is 30.1. The largest absolute Gasteiger partial charge is 0.659 e. The molecule has 29 heteroatoms. The topological polar surface area (TPSA) is 299 Å². The van der Waals surface area contributed by atoms with Gasteiger partial charge >= 0.3 is 32.6 Å². The van der Waals surface area contributed by atoms with Crippen molar-refractivity contribution in [3.8, 4) is 11.8 Å². The predicted octanol–water partition coefficient (Wildman–Crippen LogP) is 6.40. The first-order valence-electron chi connectivity index (χ1n) is 27.7. The highest BCUT2D eigenvalue weighted by Crippen LogP contribution is 2.42. The van der Waals surface area contributed by atoms with Gasteiger partial charge in [0.2, 0.25) is 0 Å². The molecule has 3 aromatic rings. The summed E-state index contributed by atoms with van der Waals surface area (Å²) in [5.41, 5.74) is -0.457. The van der Waals surface area contributed by atoms with Gasteiger partial charge in [-0.3, -0.25) is 38.5 Å². The maximum atomic E-state index is 14.2. The van der Waals surface area contributed by atoms with Crippen molar-refractivity contribution in [2.24, 2.45) is 0 Å². The van der Waals surface area contributed by atoms with E-state index in [1.54, 1.807) is 0 Å². The summed E-state index contributed by atoms with van der Waals surface area (Å²) in [6.45, 7) is 20.2. The maximum Gasteiger partial charge on any atom is 0.659 e. The van der Waals surface area contributed by atoms with Crippen LogP contribution in [0.1, 0.15) is 103 Å². The number of ketones is 1. The second-order valence-corrected chi connectivity index (χ2v) is 34.5. The van der Waals surface area contributed by atoms with Crippen LogP contribution >= 0.6 is 8.53 Å². The lowest BCUT2D eigenvalue weighted by Crippen LogP contribution is -2.60. The van der Waals surface area contributed by atoms with Gasteiger partial charge in [0.15, 0.2) is 29.0 Å². The summed E-state index contributed by atoms with van der Waals surface area (Å²) < 4.78 is 76.8. The smallest absolute Gasteiger partial charge is 0.479 e. The molecule has 4 N–H and O–H groups in total. The summed E-state index contributed by atoms with van der Waals surface area (Å²) in [5, 5.41) is 12.0. The number of Topliss-reactive ketones (excluding diaryl/α,β-unsaturated/α-hetero) is 1. The van der Waals surface area contributed by atoms with E-state index in [1.807, 2.05) is 133 Å². The molecular weight excluding hydrogens is 1170 g/mol. The van der Waals surface area contributed by atoms with Crippen molar-refractivity contribution in [1.29, 1.82) is 0 Å². The number of rotatable bonds is 38. The van der Waals surface area contributed by atoms with Crippen LogP contribution in [0.4, 0.5) is 0 Å². The molecule has 6 atom stereocenters. The monoisotopic (exact) mass is 1250 g/mol. The molecule has 2 heterocycles. The first kappa shape index (κ1) is 71.8. The number of carboxylic acid groups (broad SMARTS) is 1. The van der Waals surface area contributed by atoms with Gasteiger partial charge < -0.3 is 64.8 Å². The van der Waals surface area contributed by atoms with Crippen LogP contribution in [0.3, 0.4) is 0 Å². The normalized spacial score (nSPS) is 17.4. The van der Waals surface area contributed by atoms with E-state index in [2.05, 4.69) is 22.1 Å². The quantitative estimate of drug-likeness (QED) is 0.00918. The number of carboxylic acids is 1. The first-order chi connectivity index (χ1) is 39.6. The molecule has 0 bridgehead atoms.